The minimum Gasteiger partial charge on any atom is -0.395 e. The lowest BCUT2D eigenvalue weighted by molar-refractivity contribution is 0.190. The first-order valence-corrected chi connectivity index (χ1v) is 6.48. The van der Waals surface area contributed by atoms with Crippen molar-refractivity contribution in [1.82, 2.24) is 0 Å². The SMILES string of the molecule is CCO[Si](C)(CC)OCC.P. The summed E-state index contributed by atoms with van der Waals surface area (Å²) in [5.74, 6) is 0. The molecule has 1 atom stereocenters. The molecule has 11 heavy (non-hydrogen) atoms. The van der Waals surface area contributed by atoms with Crippen molar-refractivity contribution < 1.29 is 8.85 Å². The van der Waals surface area contributed by atoms with E-state index in [1.54, 1.807) is 0 Å². The van der Waals surface area contributed by atoms with E-state index in [9.17, 15) is 0 Å². The van der Waals surface area contributed by atoms with E-state index in [1.807, 2.05) is 13.8 Å². The van der Waals surface area contributed by atoms with Gasteiger partial charge in [0.15, 0.2) is 0 Å². The molecule has 2 nitrogen and oxygen atoms in total. The molecule has 0 aromatic rings. The van der Waals surface area contributed by atoms with Gasteiger partial charge in [0, 0.05) is 13.2 Å². The zero-order chi connectivity index (χ0) is 8.04. The third-order valence-corrected chi connectivity index (χ3v) is 4.62. The molecule has 70 valence electrons. The van der Waals surface area contributed by atoms with Crippen LogP contribution in [0.2, 0.25) is 12.6 Å². The second kappa shape index (κ2) is 7.23. The first kappa shape index (κ1) is 14.1. The zero-order valence-electron chi connectivity index (χ0n) is 8.14. The average Bonchev–Trinajstić information content (AvgIpc) is 1.89. The van der Waals surface area contributed by atoms with Crippen molar-refractivity contribution >= 4 is 18.5 Å². The van der Waals surface area contributed by atoms with Crippen LogP contribution in [0, 0.1) is 0 Å². The summed E-state index contributed by atoms with van der Waals surface area (Å²) in [4.78, 5) is 0. The van der Waals surface area contributed by atoms with Gasteiger partial charge in [0.2, 0.25) is 0 Å². The van der Waals surface area contributed by atoms with Gasteiger partial charge in [-0.25, -0.2) is 0 Å². The van der Waals surface area contributed by atoms with Crippen molar-refractivity contribution in [1.29, 1.82) is 0 Å². The maximum Gasteiger partial charge on any atom is 0.334 e. The topological polar surface area (TPSA) is 18.5 Å². The van der Waals surface area contributed by atoms with Crippen LogP contribution in [0.5, 0.6) is 0 Å². The quantitative estimate of drug-likeness (QED) is 0.496. The molecule has 0 N–H and O–H groups in total. The van der Waals surface area contributed by atoms with Crippen LogP contribution >= 0.6 is 9.90 Å². The summed E-state index contributed by atoms with van der Waals surface area (Å²) < 4.78 is 11.1. The van der Waals surface area contributed by atoms with Gasteiger partial charge in [0.05, 0.1) is 0 Å². The van der Waals surface area contributed by atoms with Gasteiger partial charge in [-0.15, -0.1) is 0 Å². The highest BCUT2D eigenvalue weighted by Crippen LogP contribution is 2.11. The van der Waals surface area contributed by atoms with Crippen LogP contribution in [0.3, 0.4) is 0 Å². The second-order valence-corrected chi connectivity index (χ2v) is 5.91. The molecule has 0 aromatic heterocycles. The van der Waals surface area contributed by atoms with Crippen LogP contribution in [-0.4, -0.2) is 21.8 Å². The highest BCUT2D eigenvalue weighted by molar-refractivity contribution is 6.92. The number of rotatable bonds is 5. The first-order valence-electron chi connectivity index (χ1n) is 3.96. The summed E-state index contributed by atoms with van der Waals surface area (Å²) in [5, 5.41) is 0. The van der Waals surface area contributed by atoms with Gasteiger partial charge in [-0.3, -0.25) is 0 Å². The molecule has 0 aliphatic heterocycles. The fraction of sp³-hybridized carbons (Fsp3) is 1.00. The van der Waals surface area contributed by atoms with Gasteiger partial charge < -0.3 is 8.85 Å². The van der Waals surface area contributed by atoms with E-state index in [1.165, 1.54) is 0 Å². The normalized spacial score (nSPS) is 10.9. The number of hydrogen-bond donors (Lipinski definition) is 0. The minimum atomic E-state index is -1.72. The Bertz CT molecular complexity index is 84.5. The monoisotopic (exact) mass is 196 g/mol. The molecule has 0 aromatic carbocycles. The smallest absolute Gasteiger partial charge is 0.334 e. The Morgan fingerprint density at radius 3 is 1.55 bits per heavy atom. The lowest BCUT2D eigenvalue weighted by Crippen LogP contribution is -2.37. The summed E-state index contributed by atoms with van der Waals surface area (Å²) in [6, 6.07) is 1.04. The Morgan fingerprint density at radius 2 is 1.36 bits per heavy atom. The molecule has 4 heteroatoms. The van der Waals surface area contributed by atoms with Crippen LogP contribution in [0.25, 0.3) is 0 Å². The minimum absolute atomic E-state index is 0. The van der Waals surface area contributed by atoms with Gasteiger partial charge in [0.25, 0.3) is 0 Å². The van der Waals surface area contributed by atoms with Crippen molar-refractivity contribution in [3.63, 3.8) is 0 Å². The molecular weight excluding hydrogens is 175 g/mol. The van der Waals surface area contributed by atoms with Crippen LogP contribution in [0.1, 0.15) is 20.8 Å². The molecule has 1 unspecified atom stereocenters. The molecule has 0 radical (unpaired) electrons. The lowest BCUT2D eigenvalue weighted by atomic mass is 10.9. The van der Waals surface area contributed by atoms with Crippen LogP contribution in [0.15, 0.2) is 0 Å². The van der Waals surface area contributed by atoms with Gasteiger partial charge in [-0.1, -0.05) is 6.92 Å². The van der Waals surface area contributed by atoms with Crippen LogP contribution in [-0.2, 0) is 8.85 Å². The zero-order valence-corrected chi connectivity index (χ0v) is 10.6. The summed E-state index contributed by atoms with van der Waals surface area (Å²) in [6.07, 6.45) is 0. The Morgan fingerprint density at radius 1 is 1.00 bits per heavy atom. The predicted molar refractivity (Wildman–Crippen MR) is 56.5 cm³/mol. The summed E-state index contributed by atoms with van der Waals surface area (Å²) in [6.45, 7) is 9.81. The van der Waals surface area contributed by atoms with E-state index >= 15 is 0 Å². The molecule has 0 aliphatic carbocycles. The van der Waals surface area contributed by atoms with Crippen molar-refractivity contribution in [2.75, 3.05) is 13.2 Å². The first-order chi connectivity index (χ1) is 4.68. The Balaban J connectivity index is 0. The third-order valence-electron chi connectivity index (χ3n) is 1.54. The molecule has 0 aliphatic rings. The summed E-state index contributed by atoms with van der Waals surface area (Å²) in [7, 11) is -1.72. The van der Waals surface area contributed by atoms with E-state index in [0.717, 1.165) is 19.3 Å². The van der Waals surface area contributed by atoms with E-state index in [-0.39, 0.29) is 9.90 Å². The molecule has 0 saturated heterocycles. The fourth-order valence-electron chi connectivity index (χ4n) is 0.856. The molecular formula is C7H21O2PSi. The second-order valence-electron chi connectivity index (χ2n) is 2.35. The molecule has 0 bridgehead atoms. The molecule has 0 rings (SSSR count). The van der Waals surface area contributed by atoms with Crippen molar-refractivity contribution in [2.24, 2.45) is 0 Å². The highest BCUT2D eigenvalue weighted by Gasteiger charge is 2.27. The maximum absolute atomic E-state index is 5.54. The summed E-state index contributed by atoms with van der Waals surface area (Å²) >= 11 is 0. The predicted octanol–water partition coefficient (Wildman–Crippen LogP) is 2.21. The Hall–Kier alpha value is 0.567. The molecule has 0 fully saturated rings. The average molecular weight is 196 g/mol. The van der Waals surface area contributed by atoms with E-state index in [4.69, 9.17) is 8.85 Å². The van der Waals surface area contributed by atoms with Gasteiger partial charge >= 0.3 is 8.56 Å². The summed E-state index contributed by atoms with van der Waals surface area (Å²) in [5.41, 5.74) is 0. The molecule has 0 heterocycles. The molecule has 0 spiro atoms. The maximum atomic E-state index is 5.54. The Labute approximate surface area is 74.5 Å². The van der Waals surface area contributed by atoms with Crippen LogP contribution < -0.4 is 0 Å². The number of hydrogen-bond acceptors (Lipinski definition) is 2. The van der Waals surface area contributed by atoms with Crippen molar-refractivity contribution in [3.8, 4) is 0 Å². The van der Waals surface area contributed by atoms with E-state index in [2.05, 4.69) is 13.5 Å². The lowest BCUT2D eigenvalue weighted by Gasteiger charge is -2.23. The molecule has 0 amide bonds. The van der Waals surface area contributed by atoms with Crippen molar-refractivity contribution in [2.45, 2.75) is 33.4 Å². The highest BCUT2D eigenvalue weighted by atomic mass is 31.0. The third kappa shape index (κ3) is 5.80. The van der Waals surface area contributed by atoms with Gasteiger partial charge in [-0.2, -0.15) is 9.90 Å². The van der Waals surface area contributed by atoms with E-state index < -0.39 is 8.56 Å². The van der Waals surface area contributed by atoms with Crippen LogP contribution in [0.4, 0.5) is 0 Å². The van der Waals surface area contributed by atoms with Gasteiger partial charge in [0.1, 0.15) is 0 Å². The van der Waals surface area contributed by atoms with Gasteiger partial charge in [-0.05, 0) is 26.4 Å². The Kier molecular flexibility index (Phi) is 9.27. The standard InChI is InChI=1S/C7H18O2Si.H3P/c1-5-8-10(4,7-3)9-6-2;/h5-7H2,1-4H3;1H3. The largest absolute Gasteiger partial charge is 0.395 e. The van der Waals surface area contributed by atoms with E-state index in [0.29, 0.717) is 0 Å². The van der Waals surface area contributed by atoms with Crippen molar-refractivity contribution in [3.05, 3.63) is 0 Å². The fourth-order valence-corrected chi connectivity index (χ4v) is 2.57. The molecule has 0 saturated carbocycles.